The Kier molecular flexibility index (Phi) is 4.49. The Morgan fingerprint density at radius 2 is 2.19 bits per heavy atom. The number of nitrogens with zero attached hydrogens (tertiary/aromatic N) is 1. The van der Waals surface area contributed by atoms with Crippen LogP contribution in [-0.2, 0) is 16.1 Å². The van der Waals surface area contributed by atoms with Crippen molar-refractivity contribution in [2.45, 2.75) is 27.3 Å². The minimum atomic E-state index is -0.375. The van der Waals surface area contributed by atoms with Gasteiger partial charge in [-0.15, -0.1) is 0 Å². The van der Waals surface area contributed by atoms with Crippen LogP contribution < -0.4 is 4.87 Å². The zero-order chi connectivity index (χ0) is 12.1. The number of allylic oxidation sites excluding steroid dienone is 1. The second-order valence-corrected chi connectivity index (χ2v) is 4.44. The highest BCUT2D eigenvalue weighted by Crippen LogP contribution is 2.08. The van der Waals surface area contributed by atoms with Gasteiger partial charge >= 0.3 is 10.8 Å². The molecule has 0 aliphatic rings. The summed E-state index contributed by atoms with van der Waals surface area (Å²) < 4.78 is 6.37. The van der Waals surface area contributed by atoms with E-state index in [4.69, 9.17) is 4.74 Å². The van der Waals surface area contributed by atoms with Gasteiger partial charge < -0.3 is 4.74 Å². The van der Waals surface area contributed by atoms with Crippen LogP contribution in [0.1, 0.15) is 17.5 Å². The zero-order valence-corrected chi connectivity index (χ0v) is 10.5. The molecule has 0 saturated heterocycles. The van der Waals surface area contributed by atoms with Crippen molar-refractivity contribution in [3.8, 4) is 0 Å². The zero-order valence-electron chi connectivity index (χ0n) is 9.65. The van der Waals surface area contributed by atoms with E-state index in [-0.39, 0.29) is 10.8 Å². The van der Waals surface area contributed by atoms with E-state index < -0.39 is 0 Å². The molecule has 4 nitrogen and oxygen atoms in total. The average Bonchev–Trinajstić information content (AvgIpc) is 2.45. The van der Waals surface area contributed by atoms with Crippen LogP contribution in [0.3, 0.4) is 0 Å². The van der Waals surface area contributed by atoms with Gasteiger partial charge in [-0.2, -0.15) is 0 Å². The van der Waals surface area contributed by atoms with E-state index in [0.29, 0.717) is 13.2 Å². The summed E-state index contributed by atoms with van der Waals surface area (Å²) in [6, 6.07) is 0. The Labute approximate surface area is 98.2 Å². The molecule has 5 heteroatoms. The molecule has 0 aliphatic carbocycles. The van der Waals surface area contributed by atoms with Crippen LogP contribution in [0.25, 0.3) is 0 Å². The van der Waals surface area contributed by atoms with Crippen molar-refractivity contribution in [1.82, 2.24) is 4.57 Å². The fourth-order valence-corrected chi connectivity index (χ4v) is 2.08. The Morgan fingerprint density at radius 3 is 2.69 bits per heavy atom. The summed E-state index contributed by atoms with van der Waals surface area (Å²) in [6.07, 6.45) is 2.99. The molecule has 88 valence electrons. The smallest absolute Gasteiger partial charge is 0.330 e. The SMILES string of the molecule is CCOC(=O)/C=C/Cn1c(C)c(C)sc1=O. The van der Waals surface area contributed by atoms with Crippen LogP contribution in [0, 0.1) is 13.8 Å². The van der Waals surface area contributed by atoms with Crippen molar-refractivity contribution in [2.75, 3.05) is 6.61 Å². The molecule has 0 unspecified atom stereocenters. The maximum atomic E-state index is 11.5. The summed E-state index contributed by atoms with van der Waals surface area (Å²) in [5.74, 6) is -0.375. The van der Waals surface area contributed by atoms with E-state index in [2.05, 4.69) is 0 Å². The first-order valence-corrected chi connectivity index (χ1v) is 5.88. The number of hydrogen-bond donors (Lipinski definition) is 0. The van der Waals surface area contributed by atoms with Gasteiger partial charge in [0.05, 0.1) is 6.61 Å². The predicted molar refractivity (Wildman–Crippen MR) is 63.8 cm³/mol. The van der Waals surface area contributed by atoms with E-state index in [9.17, 15) is 9.59 Å². The van der Waals surface area contributed by atoms with Gasteiger partial charge in [-0.1, -0.05) is 17.4 Å². The summed E-state index contributed by atoms with van der Waals surface area (Å²) in [6.45, 7) is 6.33. The number of carbonyl (C=O) groups excluding carboxylic acids is 1. The standard InChI is InChI=1S/C11H15NO3S/c1-4-15-10(13)6-5-7-12-8(2)9(3)16-11(12)14/h5-6H,4,7H2,1-3H3/b6-5+. The molecule has 16 heavy (non-hydrogen) atoms. The molecule has 0 aromatic carbocycles. The van der Waals surface area contributed by atoms with Gasteiger partial charge in [0.15, 0.2) is 0 Å². The number of carbonyl (C=O) groups is 1. The predicted octanol–water partition coefficient (Wildman–Crippen LogP) is 1.65. The van der Waals surface area contributed by atoms with Gasteiger partial charge in [0.2, 0.25) is 0 Å². The summed E-state index contributed by atoms with van der Waals surface area (Å²) >= 11 is 1.22. The van der Waals surface area contributed by atoms with E-state index in [1.807, 2.05) is 13.8 Å². The van der Waals surface area contributed by atoms with Crippen LogP contribution in [-0.4, -0.2) is 17.1 Å². The highest BCUT2D eigenvalue weighted by molar-refractivity contribution is 7.09. The molecule has 0 amide bonds. The van der Waals surface area contributed by atoms with Gasteiger partial charge in [-0.05, 0) is 20.8 Å². The maximum Gasteiger partial charge on any atom is 0.330 e. The van der Waals surface area contributed by atoms with Crippen LogP contribution in [0.5, 0.6) is 0 Å². The average molecular weight is 241 g/mol. The molecule has 0 atom stereocenters. The number of aryl methyl sites for hydroxylation is 1. The van der Waals surface area contributed by atoms with Gasteiger partial charge in [0.1, 0.15) is 0 Å². The topological polar surface area (TPSA) is 48.3 Å². The van der Waals surface area contributed by atoms with E-state index in [0.717, 1.165) is 10.6 Å². The number of ether oxygens (including phenoxy) is 1. The Hall–Kier alpha value is -1.36. The van der Waals surface area contributed by atoms with Crippen LogP contribution >= 0.6 is 11.3 Å². The lowest BCUT2D eigenvalue weighted by Crippen LogP contribution is -2.13. The fourth-order valence-electron chi connectivity index (χ4n) is 1.24. The van der Waals surface area contributed by atoms with Gasteiger partial charge in [-0.25, -0.2) is 4.79 Å². The first-order valence-electron chi connectivity index (χ1n) is 5.06. The Morgan fingerprint density at radius 1 is 1.50 bits per heavy atom. The summed E-state index contributed by atoms with van der Waals surface area (Å²) in [4.78, 5) is 23.5. The third kappa shape index (κ3) is 3.06. The molecule has 0 bridgehead atoms. The summed E-state index contributed by atoms with van der Waals surface area (Å²) in [5, 5.41) is 0. The van der Waals surface area contributed by atoms with Crippen molar-refractivity contribution >= 4 is 17.3 Å². The van der Waals surface area contributed by atoms with Crippen LogP contribution in [0.2, 0.25) is 0 Å². The lowest BCUT2D eigenvalue weighted by molar-refractivity contribution is -0.137. The lowest BCUT2D eigenvalue weighted by Gasteiger charge is -2.00. The molecule has 0 N–H and O–H groups in total. The number of hydrogen-bond acceptors (Lipinski definition) is 4. The minimum Gasteiger partial charge on any atom is -0.463 e. The third-order valence-corrected chi connectivity index (χ3v) is 3.20. The van der Waals surface area contributed by atoms with Gasteiger partial charge in [0.25, 0.3) is 0 Å². The minimum absolute atomic E-state index is 0.00325. The van der Waals surface area contributed by atoms with E-state index >= 15 is 0 Å². The largest absolute Gasteiger partial charge is 0.463 e. The molecule has 0 aliphatic heterocycles. The van der Waals surface area contributed by atoms with E-state index in [1.165, 1.54) is 17.4 Å². The van der Waals surface area contributed by atoms with Crippen LogP contribution in [0.4, 0.5) is 0 Å². The van der Waals surface area contributed by atoms with Crippen molar-refractivity contribution in [2.24, 2.45) is 0 Å². The van der Waals surface area contributed by atoms with Crippen molar-refractivity contribution < 1.29 is 9.53 Å². The second kappa shape index (κ2) is 5.65. The molecule has 0 radical (unpaired) electrons. The monoisotopic (exact) mass is 241 g/mol. The summed E-state index contributed by atoms with van der Waals surface area (Å²) in [7, 11) is 0. The van der Waals surface area contributed by atoms with Crippen LogP contribution in [0.15, 0.2) is 16.9 Å². The molecule has 1 aromatic heterocycles. The lowest BCUT2D eigenvalue weighted by atomic mass is 10.4. The van der Waals surface area contributed by atoms with Crippen molar-refractivity contribution in [3.05, 3.63) is 32.4 Å². The molecular formula is C11H15NO3S. The first-order chi connectivity index (χ1) is 7.56. The number of rotatable bonds is 4. The quantitative estimate of drug-likeness (QED) is 0.595. The highest BCUT2D eigenvalue weighted by Gasteiger charge is 2.05. The second-order valence-electron chi connectivity index (χ2n) is 3.27. The molecule has 0 spiro atoms. The molecule has 0 fully saturated rings. The Bertz CT molecular complexity index is 456. The van der Waals surface area contributed by atoms with Crippen molar-refractivity contribution in [1.29, 1.82) is 0 Å². The normalized spacial score (nSPS) is 10.9. The van der Waals surface area contributed by atoms with Gasteiger partial charge in [0, 0.05) is 23.2 Å². The van der Waals surface area contributed by atoms with Gasteiger partial charge in [-0.3, -0.25) is 9.36 Å². The number of aromatic nitrogens is 1. The fraction of sp³-hybridized carbons (Fsp3) is 0.455. The molecule has 1 aromatic rings. The van der Waals surface area contributed by atoms with Crippen molar-refractivity contribution in [3.63, 3.8) is 0 Å². The number of thiazole rings is 1. The van der Waals surface area contributed by atoms with E-state index in [1.54, 1.807) is 17.6 Å². The third-order valence-electron chi connectivity index (χ3n) is 2.20. The molecule has 1 rings (SSSR count). The maximum absolute atomic E-state index is 11.5. The number of esters is 1. The molecule has 1 heterocycles. The molecular weight excluding hydrogens is 226 g/mol. The highest BCUT2D eigenvalue weighted by atomic mass is 32.1. The first kappa shape index (κ1) is 12.7. The Balaban J connectivity index is 2.68. The summed E-state index contributed by atoms with van der Waals surface area (Å²) in [5.41, 5.74) is 0.948. The molecule has 0 saturated carbocycles.